The van der Waals surface area contributed by atoms with Crippen LogP contribution in [0.15, 0.2) is 79.0 Å². The van der Waals surface area contributed by atoms with Crippen LogP contribution in [-0.4, -0.2) is 17.9 Å². The van der Waals surface area contributed by atoms with E-state index in [4.69, 9.17) is 0 Å². The highest BCUT2D eigenvalue weighted by Gasteiger charge is 2.07. The second-order valence-electron chi connectivity index (χ2n) is 5.51. The van der Waals surface area contributed by atoms with E-state index in [-0.39, 0.29) is 5.91 Å². The van der Waals surface area contributed by atoms with Gasteiger partial charge in [0.15, 0.2) is 0 Å². The van der Waals surface area contributed by atoms with Crippen LogP contribution >= 0.6 is 0 Å². The zero-order valence-corrected chi connectivity index (χ0v) is 13.5. The molecule has 0 bridgehead atoms. The monoisotopic (exact) mass is 317 g/mol. The first-order chi connectivity index (χ1) is 11.7. The van der Waals surface area contributed by atoms with Gasteiger partial charge < -0.3 is 10.2 Å². The Balaban J connectivity index is 1.63. The SMILES string of the molecule is CN(c1ccccc1)c1ccc(NC(=O)Cc2ccccc2)cn1. The summed E-state index contributed by atoms with van der Waals surface area (Å²) < 4.78 is 0. The summed E-state index contributed by atoms with van der Waals surface area (Å²) in [6.45, 7) is 0. The molecular formula is C20H19N3O. The van der Waals surface area contributed by atoms with Crippen molar-refractivity contribution in [3.63, 3.8) is 0 Å². The Morgan fingerprint density at radius 3 is 2.25 bits per heavy atom. The van der Waals surface area contributed by atoms with Crippen LogP contribution in [0.5, 0.6) is 0 Å². The maximum Gasteiger partial charge on any atom is 0.228 e. The van der Waals surface area contributed by atoms with Crippen molar-refractivity contribution in [2.75, 3.05) is 17.3 Å². The number of anilines is 3. The van der Waals surface area contributed by atoms with E-state index in [1.165, 1.54) is 0 Å². The molecule has 3 rings (SSSR count). The molecule has 1 amide bonds. The van der Waals surface area contributed by atoms with Gasteiger partial charge in [-0.1, -0.05) is 48.5 Å². The zero-order chi connectivity index (χ0) is 16.8. The molecule has 0 fully saturated rings. The maximum atomic E-state index is 12.1. The minimum atomic E-state index is -0.0489. The van der Waals surface area contributed by atoms with Crippen LogP contribution in [0.1, 0.15) is 5.56 Å². The van der Waals surface area contributed by atoms with Gasteiger partial charge in [-0.05, 0) is 29.8 Å². The molecule has 3 aromatic rings. The quantitative estimate of drug-likeness (QED) is 0.773. The number of amides is 1. The van der Waals surface area contributed by atoms with E-state index in [2.05, 4.69) is 10.3 Å². The lowest BCUT2D eigenvalue weighted by Crippen LogP contribution is -2.15. The lowest BCUT2D eigenvalue weighted by molar-refractivity contribution is -0.115. The maximum absolute atomic E-state index is 12.1. The summed E-state index contributed by atoms with van der Waals surface area (Å²) in [4.78, 5) is 18.5. The van der Waals surface area contributed by atoms with Crippen LogP contribution in [0.3, 0.4) is 0 Å². The van der Waals surface area contributed by atoms with Gasteiger partial charge in [-0.25, -0.2) is 4.98 Å². The van der Waals surface area contributed by atoms with E-state index in [9.17, 15) is 4.79 Å². The number of hydrogen-bond donors (Lipinski definition) is 1. The van der Waals surface area contributed by atoms with Gasteiger partial charge in [0.2, 0.25) is 5.91 Å². The second-order valence-corrected chi connectivity index (χ2v) is 5.51. The highest BCUT2D eigenvalue weighted by Crippen LogP contribution is 2.21. The molecule has 0 saturated carbocycles. The number of rotatable bonds is 5. The molecule has 0 unspecified atom stereocenters. The van der Waals surface area contributed by atoms with Crippen molar-refractivity contribution >= 4 is 23.1 Å². The molecule has 0 atom stereocenters. The molecular weight excluding hydrogens is 298 g/mol. The average molecular weight is 317 g/mol. The van der Waals surface area contributed by atoms with Crippen LogP contribution in [0.2, 0.25) is 0 Å². The number of benzene rings is 2. The highest BCUT2D eigenvalue weighted by atomic mass is 16.1. The van der Waals surface area contributed by atoms with E-state index >= 15 is 0 Å². The third kappa shape index (κ3) is 3.98. The number of aromatic nitrogens is 1. The van der Waals surface area contributed by atoms with Gasteiger partial charge in [0, 0.05) is 12.7 Å². The Bertz CT molecular complexity index is 786. The molecule has 24 heavy (non-hydrogen) atoms. The summed E-state index contributed by atoms with van der Waals surface area (Å²) in [5.74, 6) is 0.773. The lowest BCUT2D eigenvalue weighted by atomic mass is 10.1. The summed E-state index contributed by atoms with van der Waals surface area (Å²) in [5, 5.41) is 2.88. The lowest BCUT2D eigenvalue weighted by Gasteiger charge is -2.18. The third-order valence-electron chi connectivity index (χ3n) is 3.73. The fourth-order valence-electron chi connectivity index (χ4n) is 2.43. The fourth-order valence-corrected chi connectivity index (χ4v) is 2.43. The topological polar surface area (TPSA) is 45.2 Å². The highest BCUT2D eigenvalue weighted by molar-refractivity contribution is 5.92. The predicted octanol–water partition coefficient (Wildman–Crippen LogP) is 4.03. The van der Waals surface area contributed by atoms with Crippen molar-refractivity contribution in [1.29, 1.82) is 0 Å². The van der Waals surface area contributed by atoms with Crippen LogP contribution < -0.4 is 10.2 Å². The van der Waals surface area contributed by atoms with Crippen molar-refractivity contribution in [3.8, 4) is 0 Å². The molecule has 0 aliphatic heterocycles. The number of pyridine rings is 1. The van der Waals surface area contributed by atoms with Gasteiger partial charge >= 0.3 is 0 Å². The van der Waals surface area contributed by atoms with Crippen molar-refractivity contribution < 1.29 is 4.79 Å². The first kappa shape index (κ1) is 15.7. The van der Waals surface area contributed by atoms with E-state index < -0.39 is 0 Å². The second kappa shape index (κ2) is 7.42. The van der Waals surface area contributed by atoms with Gasteiger partial charge in [0.25, 0.3) is 0 Å². The molecule has 1 aromatic heterocycles. The average Bonchev–Trinajstić information content (AvgIpc) is 2.63. The summed E-state index contributed by atoms with van der Waals surface area (Å²) in [6, 6.07) is 23.4. The summed E-state index contributed by atoms with van der Waals surface area (Å²) in [7, 11) is 1.96. The van der Waals surface area contributed by atoms with Crippen molar-refractivity contribution in [2.45, 2.75) is 6.42 Å². The minimum absolute atomic E-state index is 0.0489. The van der Waals surface area contributed by atoms with Gasteiger partial charge in [-0.15, -0.1) is 0 Å². The molecule has 120 valence electrons. The minimum Gasteiger partial charge on any atom is -0.329 e. The number of hydrogen-bond acceptors (Lipinski definition) is 3. The fraction of sp³-hybridized carbons (Fsp3) is 0.100. The first-order valence-corrected chi connectivity index (χ1v) is 7.81. The van der Waals surface area contributed by atoms with Gasteiger partial charge in [-0.3, -0.25) is 4.79 Å². The normalized spacial score (nSPS) is 10.2. The number of carbonyl (C=O) groups excluding carboxylic acids is 1. The van der Waals surface area contributed by atoms with E-state index in [0.29, 0.717) is 12.1 Å². The Labute approximate surface area is 141 Å². The molecule has 0 spiro atoms. The summed E-state index contributed by atoms with van der Waals surface area (Å²) in [6.07, 6.45) is 2.03. The van der Waals surface area contributed by atoms with Crippen molar-refractivity contribution in [3.05, 3.63) is 84.6 Å². The van der Waals surface area contributed by atoms with Crippen molar-refractivity contribution in [1.82, 2.24) is 4.98 Å². The van der Waals surface area contributed by atoms with Gasteiger partial charge in [-0.2, -0.15) is 0 Å². The largest absolute Gasteiger partial charge is 0.329 e. The van der Waals surface area contributed by atoms with Crippen LogP contribution in [0.25, 0.3) is 0 Å². The molecule has 0 aliphatic rings. The summed E-state index contributed by atoms with van der Waals surface area (Å²) in [5.41, 5.74) is 2.75. The first-order valence-electron chi connectivity index (χ1n) is 7.81. The predicted molar refractivity (Wildman–Crippen MR) is 97.5 cm³/mol. The number of nitrogens with one attached hydrogen (secondary N) is 1. The van der Waals surface area contributed by atoms with E-state index in [1.807, 2.05) is 84.7 Å². The summed E-state index contributed by atoms with van der Waals surface area (Å²) >= 11 is 0. The Kier molecular flexibility index (Phi) is 4.87. The Morgan fingerprint density at radius 1 is 0.958 bits per heavy atom. The zero-order valence-electron chi connectivity index (χ0n) is 13.5. The van der Waals surface area contributed by atoms with Crippen LogP contribution in [-0.2, 0) is 11.2 Å². The molecule has 0 saturated heterocycles. The molecule has 4 heteroatoms. The molecule has 0 radical (unpaired) electrons. The Hall–Kier alpha value is -3.14. The smallest absolute Gasteiger partial charge is 0.228 e. The molecule has 2 aromatic carbocycles. The van der Waals surface area contributed by atoms with Crippen LogP contribution in [0.4, 0.5) is 17.2 Å². The Morgan fingerprint density at radius 2 is 1.62 bits per heavy atom. The van der Waals surface area contributed by atoms with Crippen LogP contribution in [0, 0.1) is 0 Å². The molecule has 0 aliphatic carbocycles. The molecule has 4 nitrogen and oxygen atoms in total. The number of nitrogens with zero attached hydrogens (tertiary/aromatic N) is 2. The van der Waals surface area contributed by atoms with E-state index in [0.717, 1.165) is 17.1 Å². The molecule has 1 heterocycles. The standard InChI is InChI=1S/C20H19N3O/c1-23(18-10-6-3-7-11-18)19-13-12-17(15-21-19)22-20(24)14-16-8-4-2-5-9-16/h2-13,15H,14H2,1H3,(H,22,24). The van der Waals surface area contributed by atoms with Gasteiger partial charge in [0.1, 0.15) is 5.82 Å². The number of carbonyl (C=O) groups is 1. The third-order valence-corrected chi connectivity index (χ3v) is 3.73. The van der Waals surface area contributed by atoms with E-state index in [1.54, 1.807) is 6.20 Å². The van der Waals surface area contributed by atoms with Gasteiger partial charge in [0.05, 0.1) is 18.3 Å². The number of para-hydroxylation sites is 1. The molecule has 1 N–H and O–H groups in total. The van der Waals surface area contributed by atoms with Crippen molar-refractivity contribution in [2.24, 2.45) is 0 Å².